The summed E-state index contributed by atoms with van der Waals surface area (Å²) in [5.74, 6) is 0.422. The van der Waals surface area contributed by atoms with E-state index in [1.54, 1.807) is 0 Å². The molecule has 1 fully saturated rings. The third kappa shape index (κ3) is 2.86. The third-order valence-corrected chi connectivity index (χ3v) is 2.51. The summed E-state index contributed by atoms with van der Waals surface area (Å²) in [5, 5.41) is 0. The monoisotopic (exact) mass is 227 g/mol. The Balaban J connectivity index is 1.73. The minimum atomic E-state index is 0.152. The fraction of sp³-hybridized carbons (Fsp3) is 0.700. The maximum absolute atomic E-state index is 5.47. The van der Waals surface area contributed by atoms with E-state index in [2.05, 4.69) is 9.88 Å². The lowest BCUT2D eigenvalue weighted by molar-refractivity contribution is 0.0308. The zero-order valence-electron chi connectivity index (χ0n) is 9.44. The minimum Gasteiger partial charge on any atom is -0.462 e. The zero-order valence-corrected chi connectivity index (χ0v) is 9.44. The number of anilines is 1. The van der Waals surface area contributed by atoms with Crippen molar-refractivity contribution in [2.45, 2.75) is 6.92 Å². The first-order valence-electron chi connectivity index (χ1n) is 5.41. The number of hydrogen-bond donors (Lipinski definition) is 1. The fourth-order valence-corrected chi connectivity index (χ4v) is 1.63. The van der Waals surface area contributed by atoms with E-state index < -0.39 is 0 Å². The number of oxazole rings is 1. The van der Waals surface area contributed by atoms with Gasteiger partial charge in [-0.2, -0.15) is 4.98 Å². The van der Waals surface area contributed by atoms with Gasteiger partial charge in [0, 0.05) is 19.6 Å². The van der Waals surface area contributed by atoms with Gasteiger partial charge in [-0.3, -0.25) is 4.90 Å². The molecule has 1 saturated heterocycles. The van der Waals surface area contributed by atoms with Crippen LogP contribution < -0.4 is 10.5 Å². The van der Waals surface area contributed by atoms with Crippen LogP contribution in [-0.4, -0.2) is 49.3 Å². The van der Waals surface area contributed by atoms with Crippen molar-refractivity contribution < 1.29 is 13.9 Å². The van der Waals surface area contributed by atoms with Crippen LogP contribution in [0.4, 0.5) is 6.01 Å². The van der Waals surface area contributed by atoms with Gasteiger partial charge in [-0.05, 0) is 6.92 Å². The van der Waals surface area contributed by atoms with E-state index >= 15 is 0 Å². The van der Waals surface area contributed by atoms with Crippen molar-refractivity contribution in [1.29, 1.82) is 0 Å². The predicted octanol–water partition coefficient (Wildman–Crippen LogP) is 0.276. The number of nitrogens with zero attached hydrogens (tertiary/aromatic N) is 2. The molecule has 2 heterocycles. The Morgan fingerprint density at radius 2 is 2.19 bits per heavy atom. The van der Waals surface area contributed by atoms with E-state index in [0.717, 1.165) is 32.8 Å². The van der Waals surface area contributed by atoms with Crippen molar-refractivity contribution in [1.82, 2.24) is 9.88 Å². The largest absolute Gasteiger partial charge is 0.462 e. The van der Waals surface area contributed by atoms with Crippen LogP contribution in [0.3, 0.4) is 0 Å². The minimum absolute atomic E-state index is 0.152. The smallest absolute Gasteiger partial charge is 0.309 e. The number of hydrogen-bond acceptors (Lipinski definition) is 6. The SMILES string of the molecule is Cc1nc(N)oc1OCCN1CCOCC1. The van der Waals surface area contributed by atoms with E-state index in [-0.39, 0.29) is 6.01 Å². The molecule has 1 aliphatic heterocycles. The second-order valence-corrected chi connectivity index (χ2v) is 3.73. The molecule has 90 valence electrons. The Morgan fingerprint density at radius 3 is 2.81 bits per heavy atom. The Bertz CT molecular complexity index is 334. The van der Waals surface area contributed by atoms with E-state index in [0.29, 0.717) is 18.2 Å². The lowest BCUT2D eigenvalue weighted by Gasteiger charge is -2.26. The first-order chi connectivity index (χ1) is 7.75. The van der Waals surface area contributed by atoms with Gasteiger partial charge < -0.3 is 19.6 Å². The molecule has 1 aromatic rings. The highest BCUT2D eigenvalue weighted by Gasteiger charge is 2.12. The van der Waals surface area contributed by atoms with Crippen LogP contribution in [0.1, 0.15) is 5.69 Å². The number of aryl methyl sites for hydroxylation is 1. The van der Waals surface area contributed by atoms with Gasteiger partial charge >= 0.3 is 5.95 Å². The Kier molecular flexibility index (Phi) is 3.63. The van der Waals surface area contributed by atoms with Gasteiger partial charge in [-0.1, -0.05) is 0 Å². The van der Waals surface area contributed by atoms with Crippen molar-refractivity contribution in [3.63, 3.8) is 0 Å². The molecule has 6 nitrogen and oxygen atoms in total. The number of ether oxygens (including phenoxy) is 2. The predicted molar refractivity (Wildman–Crippen MR) is 58.4 cm³/mol. The molecular weight excluding hydrogens is 210 g/mol. The molecule has 1 aromatic heterocycles. The zero-order chi connectivity index (χ0) is 11.4. The Labute approximate surface area is 94.3 Å². The first kappa shape index (κ1) is 11.2. The maximum Gasteiger partial charge on any atom is 0.309 e. The topological polar surface area (TPSA) is 73.8 Å². The van der Waals surface area contributed by atoms with Gasteiger partial charge in [0.25, 0.3) is 6.01 Å². The molecule has 0 aliphatic carbocycles. The second-order valence-electron chi connectivity index (χ2n) is 3.73. The molecule has 16 heavy (non-hydrogen) atoms. The van der Waals surface area contributed by atoms with Gasteiger partial charge in [0.15, 0.2) is 0 Å². The van der Waals surface area contributed by atoms with E-state index in [4.69, 9.17) is 19.6 Å². The van der Waals surface area contributed by atoms with Crippen LogP contribution in [0.15, 0.2) is 4.42 Å². The summed E-state index contributed by atoms with van der Waals surface area (Å²) < 4.78 is 15.8. The summed E-state index contributed by atoms with van der Waals surface area (Å²) in [6.45, 7) is 6.77. The lowest BCUT2D eigenvalue weighted by atomic mass is 10.4. The molecule has 0 aromatic carbocycles. The molecule has 1 aliphatic rings. The highest BCUT2D eigenvalue weighted by molar-refractivity contribution is 5.22. The van der Waals surface area contributed by atoms with Crippen molar-refractivity contribution in [2.75, 3.05) is 45.2 Å². The third-order valence-electron chi connectivity index (χ3n) is 2.51. The average Bonchev–Trinajstić information content (AvgIpc) is 2.59. The summed E-state index contributed by atoms with van der Waals surface area (Å²) >= 11 is 0. The maximum atomic E-state index is 5.47. The molecule has 0 radical (unpaired) electrons. The molecule has 2 N–H and O–H groups in total. The van der Waals surface area contributed by atoms with E-state index in [1.165, 1.54) is 0 Å². The number of aromatic nitrogens is 1. The molecule has 2 rings (SSSR count). The second kappa shape index (κ2) is 5.18. The lowest BCUT2D eigenvalue weighted by Crippen LogP contribution is -2.38. The summed E-state index contributed by atoms with van der Waals surface area (Å²) in [7, 11) is 0. The van der Waals surface area contributed by atoms with Gasteiger partial charge in [0.05, 0.1) is 13.2 Å². The van der Waals surface area contributed by atoms with Crippen molar-refractivity contribution >= 4 is 6.01 Å². The van der Waals surface area contributed by atoms with Gasteiger partial charge in [0.2, 0.25) is 0 Å². The van der Waals surface area contributed by atoms with Crippen molar-refractivity contribution in [2.24, 2.45) is 0 Å². The first-order valence-corrected chi connectivity index (χ1v) is 5.41. The highest BCUT2D eigenvalue weighted by Crippen LogP contribution is 2.19. The molecule has 0 spiro atoms. The average molecular weight is 227 g/mol. The number of nitrogen functional groups attached to an aromatic ring is 1. The van der Waals surface area contributed by atoms with Crippen LogP contribution in [0.2, 0.25) is 0 Å². The summed E-state index contributed by atoms with van der Waals surface area (Å²) in [4.78, 5) is 6.22. The molecule has 0 unspecified atom stereocenters. The number of rotatable bonds is 4. The quantitative estimate of drug-likeness (QED) is 0.796. The molecule has 0 amide bonds. The van der Waals surface area contributed by atoms with Gasteiger partial charge in [-0.15, -0.1) is 0 Å². The van der Waals surface area contributed by atoms with Gasteiger partial charge in [0.1, 0.15) is 12.3 Å². The van der Waals surface area contributed by atoms with Crippen LogP contribution in [0, 0.1) is 6.92 Å². The molecule has 6 heteroatoms. The normalized spacial score (nSPS) is 17.6. The molecule has 0 saturated carbocycles. The standard InChI is InChI=1S/C10H17N3O3/c1-8-9(16-10(11)12-8)15-7-4-13-2-5-14-6-3-13/h2-7H2,1H3,(H2,11,12). The Morgan fingerprint density at radius 1 is 1.44 bits per heavy atom. The van der Waals surface area contributed by atoms with Crippen LogP contribution in [0.5, 0.6) is 5.95 Å². The number of morpholine rings is 1. The van der Waals surface area contributed by atoms with E-state index in [9.17, 15) is 0 Å². The van der Waals surface area contributed by atoms with Crippen LogP contribution in [-0.2, 0) is 4.74 Å². The van der Waals surface area contributed by atoms with Crippen LogP contribution >= 0.6 is 0 Å². The highest BCUT2D eigenvalue weighted by atomic mass is 16.6. The fourth-order valence-electron chi connectivity index (χ4n) is 1.63. The number of nitrogens with two attached hydrogens (primary N) is 1. The van der Waals surface area contributed by atoms with Crippen LogP contribution in [0.25, 0.3) is 0 Å². The summed E-state index contributed by atoms with van der Waals surface area (Å²) in [6, 6.07) is 0.152. The van der Waals surface area contributed by atoms with E-state index in [1.807, 2.05) is 6.92 Å². The summed E-state index contributed by atoms with van der Waals surface area (Å²) in [6.07, 6.45) is 0. The molecule has 0 bridgehead atoms. The molecule has 0 atom stereocenters. The van der Waals surface area contributed by atoms with Crippen molar-refractivity contribution in [3.05, 3.63) is 5.69 Å². The summed E-state index contributed by atoms with van der Waals surface area (Å²) in [5.41, 5.74) is 6.10. The molecular formula is C10H17N3O3. The Hall–Kier alpha value is -1.27. The van der Waals surface area contributed by atoms with Gasteiger partial charge in [-0.25, -0.2) is 0 Å². The van der Waals surface area contributed by atoms with Crippen molar-refractivity contribution in [3.8, 4) is 5.95 Å².